The summed E-state index contributed by atoms with van der Waals surface area (Å²) in [6.45, 7) is 9.16. The van der Waals surface area contributed by atoms with Crippen LogP contribution in [0.5, 0.6) is 0 Å². The van der Waals surface area contributed by atoms with Crippen molar-refractivity contribution in [3.05, 3.63) is 30.1 Å². The number of rotatable bonds is 5. The number of hydrogen-bond acceptors (Lipinski definition) is 3. The first-order chi connectivity index (χ1) is 9.13. The van der Waals surface area contributed by atoms with Crippen LogP contribution in [0, 0.1) is 11.8 Å². The van der Waals surface area contributed by atoms with Gasteiger partial charge in [-0.1, -0.05) is 26.8 Å². The van der Waals surface area contributed by atoms with Gasteiger partial charge in [0, 0.05) is 25.0 Å². The molecule has 2 rings (SSSR count). The molecular weight excluding hydrogens is 234 g/mol. The zero-order chi connectivity index (χ0) is 13.8. The summed E-state index contributed by atoms with van der Waals surface area (Å²) >= 11 is 0. The Bertz CT molecular complexity index is 377. The number of likely N-dealkylation sites (tertiary alicyclic amines) is 1. The van der Waals surface area contributed by atoms with E-state index >= 15 is 0 Å². The van der Waals surface area contributed by atoms with Crippen LogP contribution in [0.4, 0.5) is 0 Å². The fraction of sp³-hybridized carbons (Fsp3) is 0.688. The molecule has 2 N–H and O–H groups in total. The zero-order valence-corrected chi connectivity index (χ0v) is 12.4. The third kappa shape index (κ3) is 3.34. The molecule has 0 saturated carbocycles. The molecule has 1 saturated heterocycles. The van der Waals surface area contributed by atoms with Crippen molar-refractivity contribution in [3.63, 3.8) is 0 Å². The summed E-state index contributed by atoms with van der Waals surface area (Å²) in [4.78, 5) is 6.83. The van der Waals surface area contributed by atoms with Gasteiger partial charge in [0.2, 0.25) is 0 Å². The van der Waals surface area contributed by atoms with Crippen molar-refractivity contribution in [2.24, 2.45) is 17.6 Å². The van der Waals surface area contributed by atoms with Gasteiger partial charge in [-0.15, -0.1) is 0 Å². The molecule has 0 bridgehead atoms. The molecule has 3 unspecified atom stereocenters. The first-order valence-electron chi connectivity index (χ1n) is 7.53. The van der Waals surface area contributed by atoms with Crippen molar-refractivity contribution in [1.82, 2.24) is 9.88 Å². The van der Waals surface area contributed by atoms with E-state index in [4.69, 9.17) is 5.73 Å². The van der Waals surface area contributed by atoms with Crippen LogP contribution in [-0.2, 0) is 0 Å². The summed E-state index contributed by atoms with van der Waals surface area (Å²) < 4.78 is 0. The maximum atomic E-state index is 6.38. The highest BCUT2D eigenvalue weighted by atomic mass is 15.2. The molecule has 0 amide bonds. The Hall–Kier alpha value is -0.930. The topological polar surface area (TPSA) is 42.1 Å². The highest BCUT2D eigenvalue weighted by Gasteiger charge is 2.33. The molecule has 3 atom stereocenters. The van der Waals surface area contributed by atoms with E-state index in [1.54, 1.807) is 0 Å². The minimum absolute atomic E-state index is 0.190. The first kappa shape index (κ1) is 14.5. The van der Waals surface area contributed by atoms with Crippen molar-refractivity contribution < 1.29 is 0 Å². The van der Waals surface area contributed by atoms with Gasteiger partial charge in [-0.25, -0.2) is 0 Å². The van der Waals surface area contributed by atoms with Gasteiger partial charge >= 0.3 is 0 Å². The number of nitrogens with zero attached hydrogens (tertiary/aromatic N) is 2. The Labute approximate surface area is 117 Å². The molecule has 2 heterocycles. The van der Waals surface area contributed by atoms with Gasteiger partial charge in [0.15, 0.2) is 0 Å². The normalized spacial score (nSPS) is 23.7. The molecular formula is C16H27N3. The fourth-order valence-electron chi connectivity index (χ4n) is 3.12. The number of pyridine rings is 1. The largest absolute Gasteiger partial charge is 0.326 e. The van der Waals surface area contributed by atoms with E-state index in [9.17, 15) is 0 Å². The lowest BCUT2D eigenvalue weighted by atomic mass is 9.95. The molecule has 1 fully saturated rings. The van der Waals surface area contributed by atoms with Crippen molar-refractivity contribution in [2.75, 3.05) is 13.1 Å². The van der Waals surface area contributed by atoms with Crippen molar-refractivity contribution in [2.45, 2.75) is 45.7 Å². The van der Waals surface area contributed by atoms with E-state index < -0.39 is 0 Å². The number of hydrogen-bond donors (Lipinski definition) is 1. The van der Waals surface area contributed by atoms with Crippen LogP contribution in [0.25, 0.3) is 0 Å². The number of aromatic nitrogens is 1. The smallest absolute Gasteiger partial charge is 0.0514 e. The molecule has 106 valence electrons. The second-order valence-corrected chi connectivity index (χ2v) is 6.09. The van der Waals surface area contributed by atoms with Crippen molar-refractivity contribution in [3.8, 4) is 0 Å². The lowest BCUT2D eigenvalue weighted by molar-refractivity contribution is 0.195. The molecule has 3 heteroatoms. The van der Waals surface area contributed by atoms with Gasteiger partial charge in [-0.2, -0.15) is 0 Å². The maximum Gasteiger partial charge on any atom is 0.0514 e. The molecule has 0 spiro atoms. The Balaban J connectivity index is 2.16. The van der Waals surface area contributed by atoms with Gasteiger partial charge < -0.3 is 5.73 Å². The SMILES string of the molecule is CCC(N)C(c1cccnc1)N1CCC(C(C)C)C1. The molecule has 3 nitrogen and oxygen atoms in total. The molecule has 0 aromatic carbocycles. The Morgan fingerprint density at radius 1 is 1.47 bits per heavy atom. The monoisotopic (exact) mass is 261 g/mol. The van der Waals surface area contributed by atoms with Crippen LogP contribution in [0.3, 0.4) is 0 Å². The molecule has 1 aromatic rings. The summed E-state index contributed by atoms with van der Waals surface area (Å²) in [6.07, 6.45) is 6.11. The highest BCUT2D eigenvalue weighted by Crippen LogP contribution is 2.32. The van der Waals surface area contributed by atoms with E-state index in [2.05, 4.69) is 36.7 Å². The Kier molecular flexibility index (Phi) is 4.94. The van der Waals surface area contributed by atoms with Gasteiger partial charge in [-0.05, 0) is 42.9 Å². The summed E-state index contributed by atoms with van der Waals surface area (Å²) in [6, 6.07) is 4.69. The summed E-state index contributed by atoms with van der Waals surface area (Å²) in [7, 11) is 0. The molecule has 1 aromatic heterocycles. The quantitative estimate of drug-likeness (QED) is 0.886. The Morgan fingerprint density at radius 2 is 2.26 bits per heavy atom. The minimum Gasteiger partial charge on any atom is -0.326 e. The van der Waals surface area contributed by atoms with E-state index in [-0.39, 0.29) is 6.04 Å². The Morgan fingerprint density at radius 3 is 2.79 bits per heavy atom. The van der Waals surface area contributed by atoms with Gasteiger partial charge in [0.1, 0.15) is 0 Å². The maximum absolute atomic E-state index is 6.38. The third-order valence-electron chi connectivity index (χ3n) is 4.50. The summed E-state index contributed by atoms with van der Waals surface area (Å²) in [5, 5.41) is 0. The summed E-state index contributed by atoms with van der Waals surface area (Å²) in [5.41, 5.74) is 7.65. The van der Waals surface area contributed by atoms with Crippen LogP contribution in [0.2, 0.25) is 0 Å². The van der Waals surface area contributed by atoms with Crippen molar-refractivity contribution >= 4 is 0 Å². The van der Waals surface area contributed by atoms with Crippen LogP contribution < -0.4 is 5.73 Å². The van der Waals surface area contributed by atoms with E-state index in [0.717, 1.165) is 24.8 Å². The lowest BCUT2D eigenvalue weighted by Gasteiger charge is -2.32. The number of nitrogens with two attached hydrogens (primary N) is 1. The second kappa shape index (κ2) is 6.49. The van der Waals surface area contributed by atoms with E-state index in [1.165, 1.54) is 18.5 Å². The lowest BCUT2D eigenvalue weighted by Crippen LogP contribution is -2.40. The van der Waals surface area contributed by atoms with Crippen LogP contribution >= 0.6 is 0 Å². The molecule has 0 radical (unpaired) electrons. The fourth-order valence-corrected chi connectivity index (χ4v) is 3.12. The van der Waals surface area contributed by atoms with Crippen molar-refractivity contribution in [1.29, 1.82) is 0 Å². The first-order valence-corrected chi connectivity index (χ1v) is 7.53. The van der Waals surface area contributed by atoms with Crippen LogP contribution in [0.15, 0.2) is 24.5 Å². The van der Waals surface area contributed by atoms with Gasteiger partial charge in [-0.3, -0.25) is 9.88 Å². The van der Waals surface area contributed by atoms with Crippen LogP contribution in [-0.4, -0.2) is 29.0 Å². The predicted molar refractivity (Wildman–Crippen MR) is 79.8 cm³/mol. The third-order valence-corrected chi connectivity index (χ3v) is 4.50. The highest BCUT2D eigenvalue weighted by molar-refractivity contribution is 5.17. The molecule has 0 aliphatic carbocycles. The zero-order valence-electron chi connectivity index (χ0n) is 12.4. The van der Waals surface area contributed by atoms with E-state index in [1.807, 2.05) is 18.5 Å². The van der Waals surface area contributed by atoms with Gasteiger partial charge in [0.05, 0.1) is 6.04 Å². The molecule has 19 heavy (non-hydrogen) atoms. The van der Waals surface area contributed by atoms with Gasteiger partial charge in [0.25, 0.3) is 0 Å². The second-order valence-electron chi connectivity index (χ2n) is 6.09. The predicted octanol–water partition coefficient (Wildman–Crippen LogP) is 2.84. The average Bonchev–Trinajstić information content (AvgIpc) is 2.89. The van der Waals surface area contributed by atoms with Crippen LogP contribution in [0.1, 0.15) is 45.2 Å². The average molecular weight is 261 g/mol. The van der Waals surface area contributed by atoms with E-state index in [0.29, 0.717) is 6.04 Å². The minimum atomic E-state index is 0.190. The molecule has 1 aliphatic rings. The standard InChI is InChI=1S/C16H27N3/c1-4-15(17)16(13-6-5-8-18-10-13)19-9-7-14(11-19)12(2)3/h5-6,8,10,12,14-16H,4,7,9,11,17H2,1-3H3. The molecule has 1 aliphatic heterocycles. The summed E-state index contributed by atoms with van der Waals surface area (Å²) in [5.74, 6) is 1.57.